The van der Waals surface area contributed by atoms with Crippen molar-refractivity contribution in [1.29, 1.82) is 0 Å². The summed E-state index contributed by atoms with van der Waals surface area (Å²) in [6.07, 6.45) is 0.899. The van der Waals surface area contributed by atoms with Gasteiger partial charge in [0, 0.05) is 11.3 Å². The molecular weight excluding hydrogens is 262 g/mol. The summed E-state index contributed by atoms with van der Waals surface area (Å²) in [4.78, 5) is 9.22. The van der Waals surface area contributed by atoms with E-state index in [9.17, 15) is 0 Å². The number of nitrogens with zero attached hydrogens (tertiary/aromatic N) is 2. The van der Waals surface area contributed by atoms with Gasteiger partial charge in [-0.25, -0.2) is 9.97 Å². The molecule has 1 atom stereocenters. The van der Waals surface area contributed by atoms with Gasteiger partial charge in [-0.2, -0.15) is 0 Å². The molecule has 110 valence electrons. The van der Waals surface area contributed by atoms with Gasteiger partial charge in [-0.15, -0.1) is 0 Å². The first kappa shape index (κ1) is 13.9. The van der Waals surface area contributed by atoms with Gasteiger partial charge in [0.25, 0.3) is 0 Å². The van der Waals surface area contributed by atoms with Crippen LogP contribution in [0.3, 0.4) is 0 Å². The van der Waals surface area contributed by atoms with Crippen molar-refractivity contribution in [1.82, 2.24) is 9.97 Å². The third-order valence-corrected chi connectivity index (χ3v) is 4.00. The Morgan fingerprint density at radius 1 is 1.24 bits per heavy atom. The quantitative estimate of drug-likeness (QED) is 0.919. The second-order valence-electron chi connectivity index (χ2n) is 5.94. The average molecular weight is 283 g/mol. The molecule has 1 unspecified atom stereocenters. The highest BCUT2D eigenvalue weighted by atomic mass is 16.5. The highest BCUT2D eigenvalue weighted by Gasteiger charge is 2.25. The summed E-state index contributed by atoms with van der Waals surface area (Å²) in [5, 5.41) is 0. The molecule has 2 N–H and O–H groups in total. The van der Waals surface area contributed by atoms with Crippen molar-refractivity contribution in [3.8, 4) is 5.75 Å². The van der Waals surface area contributed by atoms with Crippen molar-refractivity contribution in [2.24, 2.45) is 0 Å². The van der Waals surface area contributed by atoms with E-state index in [0.29, 0.717) is 18.3 Å². The van der Waals surface area contributed by atoms with Crippen LogP contribution in [0.25, 0.3) is 0 Å². The number of anilines is 1. The number of para-hydroxylation sites is 1. The fourth-order valence-electron chi connectivity index (χ4n) is 3.02. The van der Waals surface area contributed by atoms with Crippen molar-refractivity contribution < 1.29 is 4.74 Å². The number of aromatic nitrogens is 2. The molecule has 0 saturated carbocycles. The number of benzene rings is 1. The number of hydrogen-bond donors (Lipinski definition) is 1. The zero-order chi connectivity index (χ0) is 15.0. The fourth-order valence-corrected chi connectivity index (χ4v) is 3.02. The smallest absolute Gasteiger partial charge is 0.137 e. The summed E-state index contributed by atoms with van der Waals surface area (Å²) in [5.74, 6) is 2.87. The SMILES string of the molecule is Cc1nc(C2COc3ccccc3C2)nc(N)c1C(C)C. The number of rotatable bonds is 2. The monoisotopic (exact) mass is 283 g/mol. The van der Waals surface area contributed by atoms with Crippen LogP contribution in [0.5, 0.6) is 5.75 Å². The standard InChI is InChI=1S/C17H21N3O/c1-10(2)15-11(3)19-17(20-16(15)18)13-8-12-6-4-5-7-14(12)21-9-13/h4-7,10,13H,8-9H2,1-3H3,(H2,18,19,20). The molecule has 0 saturated heterocycles. The first-order chi connectivity index (χ1) is 10.1. The molecule has 1 aliphatic heterocycles. The molecule has 0 fully saturated rings. The Hall–Kier alpha value is -2.10. The third kappa shape index (κ3) is 2.58. The molecule has 0 aliphatic carbocycles. The molecule has 0 bridgehead atoms. The first-order valence-corrected chi connectivity index (χ1v) is 7.41. The van der Waals surface area contributed by atoms with Gasteiger partial charge in [-0.3, -0.25) is 0 Å². The second-order valence-corrected chi connectivity index (χ2v) is 5.94. The molecule has 2 aromatic rings. The Kier molecular flexibility index (Phi) is 3.53. The highest BCUT2D eigenvalue weighted by Crippen LogP contribution is 2.32. The van der Waals surface area contributed by atoms with E-state index in [1.807, 2.05) is 25.1 Å². The lowest BCUT2D eigenvalue weighted by Crippen LogP contribution is -2.22. The van der Waals surface area contributed by atoms with Gasteiger partial charge >= 0.3 is 0 Å². The lowest BCUT2D eigenvalue weighted by Gasteiger charge is -2.25. The number of aryl methyl sites for hydroxylation is 1. The molecule has 21 heavy (non-hydrogen) atoms. The molecule has 0 radical (unpaired) electrons. The van der Waals surface area contributed by atoms with E-state index >= 15 is 0 Å². The number of nitrogen functional groups attached to an aromatic ring is 1. The Morgan fingerprint density at radius 2 is 2.00 bits per heavy atom. The molecule has 0 spiro atoms. The van der Waals surface area contributed by atoms with Crippen molar-refractivity contribution in [2.45, 2.75) is 39.0 Å². The maximum Gasteiger partial charge on any atom is 0.137 e. The topological polar surface area (TPSA) is 61.0 Å². The maximum absolute atomic E-state index is 6.13. The zero-order valence-electron chi connectivity index (χ0n) is 12.8. The Labute approximate surface area is 125 Å². The van der Waals surface area contributed by atoms with E-state index in [2.05, 4.69) is 29.9 Å². The number of fused-ring (bicyclic) bond motifs is 1. The summed E-state index contributed by atoms with van der Waals surface area (Å²) in [7, 11) is 0. The van der Waals surface area contributed by atoms with Gasteiger partial charge in [0.2, 0.25) is 0 Å². The van der Waals surface area contributed by atoms with Gasteiger partial charge in [-0.05, 0) is 30.9 Å². The van der Waals surface area contributed by atoms with E-state index in [-0.39, 0.29) is 5.92 Å². The predicted molar refractivity (Wildman–Crippen MR) is 83.7 cm³/mol. The lowest BCUT2D eigenvalue weighted by atomic mass is 9.95. The van der Waals surface area contributed by atoms with Crippen LogP contribution in [0.15, 0.2) is 24.3 Å². The summed E-state index contributed by atoms with van der Waals surface area (Å²) < 4.78 is 5.83. The lowest BCUT2D eigenvalue weighted by molar-refractivity contribution is 0.257. The third-order valence-electron chi connectivity index (χ3n) is 4.00. The van der Waals surface area contributed by atoms with Crippen LogP contribution in [0, 0.1) is 6.92 Å². The van der Waals surface area contributed by atoms with E-state index in [1.54, 1.807) is 0 Å². The molecule has 4 heteroatoms. The van der Waals surface area contributed by atoms with Crippen molar-refractivity contribution >= 4 is 5.82 Å². The van der Waals surface area contributed by atoms with E-state index < -0.39 is 0 Å². The summed E-state index contributed by atoms with van der Waals surface area (Å²) in [6, 6.07) is 8.14. The molecule has 4 nitrogen and oxygen atoms in total. The maximum atomic E-state index is 6.13. The van der Waals surface area contributed by atoms with Crippen molar-refractivity contribution in [2.75, 3.05) is 12.3 Å². The molecule has 1 aromatic carbocycles. The minimum atomic E-state index is 0.169. The van der Waals surface area contributed by atoms with Gasteiger partial charge in [0.15, 0.2) is 0 Å². The van der Waals surface area contributed by atoms with E-state index in [4.69, 9.17) is 10.5 Å². The van der Waals surface area contributed by atoms with Crippen molar-refractivity contribution in [3.05, 3.63) is 46.9 Å². The normalized spacial score (nSPS) is 17.4. The number of hydrogen-bond acceptors (Lipinski definition) is 4. The summed E-state index contributed by atoms with van der Waals surface area (Å²) >= 11 is 0. The Bertz CT molecular complexity index is 644. The zero-order valence-corrected chi connectivity index (χ0v) is 12.8. The first-order valence-electron chi connectivity index (χ1n) is 7.41. The van der Waals surface area contributed by atoms with Gasteiger partial charge in [0.05, 0.1) is 12.5 Å². The Morgan fingerprint density at radius 3 is 2.71 bits per heavy atom. The van der Waals surface area contributed by atoms with Crippen LogP contribution >= 0.6 is 0 Å². The summed E-state index contributed by atoms with van der Waals surface area (Å²) in [5.41, 5.74) is 9.37. The van der Waals surface area contributed by atoms with Gasteiger partial charge < -0.3 is 10.5 Å². The molecule has 2 heterocycles. The molecule has 0 amide bonds. The largest absolute Gasteiger partial charge is 0.493 e. The average Bonchev–Trinajstić information content (AvgIpc) is 2.45. The molecule has 1 aliphatic rings. The van der Waals surface area contributed by atoms with Gasteiger partial charge in [0.1, 0.15) is 17.4 Å². The van der Waals surface area contributed by atoms with Crippen molar-refractivity contribution in [3.63, 3.8) is 0 Å². The minimum absolute atomic E-state index is 0.169. The summed E-state index contributed by atoms with van der Waals surface area (Å²) in [6.45, 7) is 6.84. The molecular formula is C17H21N3O. The second kappa shape index (κ2) is 5.35. The van der Waals surface area contributed by atoms with E-state index in [0.717, 1.165) is 29.3 Å². The predicted octanol–water partition coefficient (Wildman–Crippen LogP) is 3.21. The van der Waals surface area contributed by atoms with Crippen LogP contribution in [0.2, 0.25) is 0 Å². The highest BCUT2D eigenvalue weighted by molar-refractivity contribution is 5.45. The molecule has 1 aromatic heterocycles. The number of ether oxygens (including phenoxy) is 1. The number of nitrogens with two attached hydrogens (primary N) is 1. The Balaban J connectivity index is 1.92. The van der Waals surface area contributed by atoms with Crippen LogP contribution in [0.4, 0.5) is 5.82 Å². The van der Waals surface area contributed by atoms with Crippen LogP contribution in [-0.2, 0) is 6.42 Å². The van der Waals surface area contributed by atoms with E-state index in [1.165, 1.54) is 5.56 Å². The molecule has 3 rings (SSSR count). The van der Waals surface area contributed by atoms with Crippen LogP contribution in [-0.4, -0.2) is 16.6 Å². The fraction of sp³-hybridized carbons (Fsp3) is 0.412. The van der Waals surface area contributed by atoms with Gasteiger partial charge in [-0.1, -0.05) is 32.0 Å². The van der Waals surface area contributed by atoms with Crippen LogP contribution in [0.1, 0.15) is 48.3 Å². The van der Waals surface area contributed by atoms with Crippen LogP contribution < -0.4 is 10.5 Å². The minimum Gasteiger partial charge on any atom is -0.493 e.